The van der Waals surface area contributed by atoms with E-state index in [2.05, 4.69) is 26.2 Å². The van der Waals surface area contributed by atoms with Crippen LogP contribution in [0, 0.1) is 0 Å². The molecule has 0 bridgehead atoms. The molecule has 21 heavy (non-hydrogen) atoms. The van der Waals surface area contributed by atoms with Crippen molar-refractivity contribution in [3.05, 3.63) is 63.1 Å². The number of benzodiazepines with no additional fused rings is 1. The van der Waals surface area contributed by atoms with Gasteiger partial charge in [-0.2, -0.15) is 0 Å². The van der Waals surface area contributed by atoms with Gasteiger partial charge in [0.2, 0.25) is 6.23 Å². The van der Waals surface area contributed by atoms with Gasteiger partial charge in [0.1, 0.15) is 0 Å². The molecule has 1 amide bonds. The van der Waals surface area contributed by atoms with E-state index in [1.807, 2.05) is 18.2 Å². The van der Waals surface area contributed by atoms with Gasteiger partial charge in [0.25, 0.3) is 5.91 Å². The van der Waals surface area contributed by atoms with Crippen molar-refractivity contribution in [1.29, 1.82) is 0 Å². The summed E-state index contributed by atoms with van der Waals surface area (Å²) < 4.78 is 0.839. The molecule has 1 heterocycles. The van der Waals surface area contributed by atoms with Gasteiger partial charge in [-0.25, -0.2) is 4.99 Å². The third-order valence-electron chi connectivity index (χ3n) is 3.11. The molecule has 0 radical (unpaired) electrons. The van der Waals surface area contributed by atoms with Crippen LogP contribution in [0.2, 0.25) is 5.02 Å². The second kappa shape index (κ2) is 5.60. The van der Waals surface area contributed by atoms with Crippen LogP contribution < -0.4 is 5.32 Å². The number of carbonyl (C=O) groups excluding carboxylic acids is 1. The second-order valence-corrected chi connectivity index (χ2v) is 5.83. The van der Waals surface area contributed by atoms with E-state index in [9.17, 15) is 9.90 Å². The number of nitrogens with zero attached hydrogens (tertiary/aromatic N) is 1. The third kappa shape index (κ3) is 2.72. The lowest BCUT2D eigenvalue weighted by Gasteiger charge is -2.11. The van der Waals surface area contributed by atoms with Gasteiger partial charge in [-0.1, -0.05) is 45.7 Å². The summed E-state index contributed by atoms with van der Waals surface area (Å²) in [5, 5.41) is 13.0. The number of anilines is 1. The average Bonchev–Trinajstić information content (AvgIpc) is 2.58. The number of hydrogen-bond donors (Lipinski definition) is 2. The van der Waals surface area contributed by atoms with Gasteiger partial charge in [0, 0.05) is 20.6 Å². The summed E-state index contributed by atoms with van der Waals surface area (Å²) >= 11 is 9.62. The molecule has 0 spiro atoms. The van der Waals surface area contributed by atoms with Gasteiger partial charge in [0.15, 0.2) is 0 Å². The fraction of sp³-hybridized carbons (Fsp3) is 0.0667. The molecule has 0 unspecified atom stereocenters. The maximum atomic E-state index is 11.8. The maximum absolute atomic E-state index is 11.8. The number of halogens is 2. The molecule has 2 aromatic rings. The van der Waals surface area contributed by atoms with Crippen LogP contribution in [0.4, 0.5) is 5.69 Å². The minimum Gasteiger partial charge on any atom is -0.364 e. The van der Waals surface area contributed by atoms with Crippen LogP contribution in [0.25, 0.3) is 0 Å². The van der Waals surface area contributed by atoms with Crippen LogP contribution in [0.5, 0.6) is 0 Å². The number of fused-ring (bicyclic) bond motifs is 1. The number of aliphatic imine (C=N–C) groups is 1. The number of benzene rings is 2. The molecule has 4 nitrogen and oxygen atoms in total. The highest BCUT2D eigenvalue weighted by Crippen LogP contribution is 2.29. The van der Waals surface area contributed by atoms with Crippen LogP contribution in [0.1, 0.15) is 11.1 Å². The highest BCUT2D eigenvalue weighted by molar-refractivity contribution is 9.10. The first-order valence-electron chi connectivity index (χ1n) is 6.18. The summed E-state index contributed by atoms with van der Waals surface area (Å²) in [6.45, 7) is 0. The average molecular weight is 366 g/mol. The Bertz CT molecular complexity index is 761. The van der Waals surface area contributed by atoms with Gasteiger partial charge in [-0.05, 0) is 24.3 Å². The van der Waals surface area contributed by atoms with Crippen molar-refractivity contribution in [3.63, 3.8) is 0 Å². The molecule has 0 saturated carbocycles. The molecular formula is C15H10BrClN2O2. The minimum absolute atomic E-state index is 0.475. The van der Waals surface area contributed by atoms with Gasteiger partial charge < -0.3 is 10.4 Å². The molecule has 0 aliphatic carbocycles. The van der Waals surface area contributed by atoms with Crippen molar-refractivity contribution in [1.82, 2.24) is 0 Å². The molecule has 0 saturated heterocycles. The maximum Gasteiger partial charge on any atom is 0.276 e. The number of aliphatic hydroxyl groups excluding tert-OH is 1. The summed E-state index contributed by atoms with van der Waals surface area (Å²) in [5.74, 6) is -0.569. The first-order valence-corrected chi connectivity index (χ1v) is 7.35. The van der Waals surface area contributed by atoms with Crippen molar-refractivity contribution in [2.24, 2.45) is 4.99 Å². The van der Waals surface area contributed by atoms with E-state index in [0.29, 0.717) is 27.5 Å². The highest BCUT2D eigenvalue weighted by Gasteiger charge is 2.25. The van der Waals surface area contributed by atoms with E-state index >= 15 is 0 Å². The number of aliphatic hydroxyl groups is 1. The Balaban J connectivity index is 2.27. The van der Waals surface area contributed by atoms with Crippen molar-refractivity contribution in [3.8, 4) is 0 Å². The quantitative estimate of drug-likeness (QED) is 0.815. The lowest BCUT2D eigenvalue weighted by molar-refractivity contribution is -0.123. The van der Waals surface area contributed by atoms with Gasteiger partial charge in [-0.15, -0.1) is 0 Å². The first-order chi connectivity index (χ1) is 10.1. The van der Waals surface area contributed by atoms with E-state index < -0.39 is 12.1 Å². The molecule has 6 heteroatoms. The second-order valence-electron chi connectivity index (χ2n) is 4.51. The SMILES string of the molecule is O=C1Nc2ccc(Br)cc2C(c2ccccc2Cl)=N[C@H]1O. The van der Waals surface area contributed by atoms with Crippen molar-refractivity contribution < 1.29 is 9.90 Å². The number of rotatable bonds is 1. The van der Waals surface area contributed by atoms with Gasteiger partial charge in [0.05, 0.1) is 11.4 Å². The van der Waals surface area contributed by atoms with Crippen molar-refractivity contribution >= 4 is 44.8 Å². The lowest BCUT2D eigenvalue weighted by atomic mass is 10.0. The predicted molar refractivity (Wildman–Crippen MR) is 85.9 cm³/mol. The zero-order valence-corrected chi connectivity index (χ0v) is 13.0. The molecule has 1 aliphatic rings. The Morgan fingerprint density at radius 1 is 1.19 bits per heavy atom. The Kier molecular flexibility index (Phi) is 3.80. The summed E-state index contributed by atoms with van der Waals surface area (Å²) in [6, 6.07) is 12.6. The Labute approximate surface area is 134 Å². The molecule has 0 fully saturated rings. The first kappa shape index (κ1) is 14.3. The topological polar surface area (TPSA) is 61.7 Å². The fourth-order valence-corrected chi connectivity index (χ4v) is 2.72. The number of amides is 1. The van der Waals surface area contributed by atoms with E-state index in [4.69, 9.17) is 11.6 Å². The molecule has 3 rings (SSSR count). The normalized spacial score (nSPS) is 17.6. The Morgan fingerprint density at radius 2 is 1.95 bits per heavy atom. The predicted octanol–water partition coefficient (Wildman–Crippen LogP) is 3.21. The Hall–Kier alpha value is -1.69. The smallest absolute Gasteiger partial charge is 0.276 e. The van der Waals surface area contributed by atoms with Crippen LogP contribution in [-0.4, -0.2) is 23.0 Å². The zero-order valence-electron chi connectivity index (χ0n) is 10.7. The lowest BCUT2D eigenvalue weighted by Crippen LogP contribution is -2.24. The van der Waals surface area contributed by atoms with Crippen LogP contribution in [0.3, 0.4) is 0 Å². The molecule has 0 aromatic heterocycles. The number of nitrogens with one attached hydrogen (secondary N) is 1. The summed E-state index contributed by atoms with van der Waals surface area (Å²) in [4.78, 5) is 15.9. The Morgan fingerprint density at radius 3 is 2.71 bits per heavy atom. The molecule has 2 N–H and O–H groups in total. The monoisotopic (exact) mass is 364 g/mol. The van der Waals surface area contributed by atoms with Crippen LogP contribution in [-0.2, 0) is 4.79 Å². The number of hydrogen-bond acceptors (Lipinski definition) is 3. The molecule has 1 aliphatic heterocycles. The van der Waals surface area contributed by atoms with Crippen molar-refractivity contribution in [2.45, 2.75) is 6.23 Å². The minimum atomic E-state index is -1.47. The van der Waals surface area contributed by atoms with Gasteiger partial charge >= 0.3 is 0 Å². The third-order valence-corrected chi connectivity index (χ3v) is 3.93. The largest absolute Gasteiger partial charge is 0.364 e. The molecule has 2 aromatic carbocycles. The van der Waals surface area contributed by atoms with E-state index in [1.165, 1.54) is 0 Å². The summed E-state index contributed by atoms with van der Waals surface area (Å²) in [7, 11) is 0. The fourth-order valence-electron chi connectivity index (χ4n) is 2.14. The van der Waals surface area contributed by atoms with Crippen molar-refractivity contribution in [2.75, 3.05) is 5.32 Å². The molecular weight excluding hydrogens is 356 g/mol. The standard InChI is InChI=1S/C15H10BrClN2O2/c16-8-5-6-12-10(7-8)13(19-15(21)14(20)18-12)9-3-1-2-4-11(9)17/h1-7,15,21H,(H,18,20)/t15-/m0/s1. The van der Waals surface area contributed by atoms with E-state index in [1.54, 1.807) is 24.3 Å². The number of carbonyl (C=O) groups is 1. The van der Waals surface area contributed by atoms with Crippen LogP contribution >= 0.6 is 27.5 Å². The summed E-state index contributed by atoms with van der Waals surface area (Å²) in [5.41, 5.74) is 2.41. The van der Waals surface area contributed by atoms with E-state index in [-0.39, 0.29) is 0 Å². The zero-order chi connectivity index (χ0) is 15.0. The highest BCUT2D eigenvalue weighted by atomic mass is 79.9. The van der Waals surface area contributed by atoms with E-state index in [0.717, 1.165) is 4.47 Å². The molecule has 106 valence electrons. The van der Waals surface area contributed by atoms with Gasteiger partial charge in [-0.3, -0.25) is 4.79 Å². The van der Waals surface area contributed by atoms with Crippen LogP contribution in [0.15, 0.2) is 51.9 Å². The summed E-state index contributed by atoms with van der Waals surface area (Å²) in [6.07, 6.45) is -1.47. The molecule has 1 atom stereocenters.